The van der Waals surface area contributed by atoms with Gasteiger partial charge in [0.15, 0.2) is 6.10 Å². The highest BCUT2D eigenvalue weighted by Crippen LogP contribution is 2.46. The molecule has 1 unspecified atom stereocenters. The van der Waals surface area contributed by atoms with E-state index in [4.69, 9.17) is 9.47 Å². The van der Waals surface area contributed by atoms with E-state index < -0.39 is 53.0 Å². The molecular formula is C39H37N3O6S2. The number of carbonyl (C=O) groups excluding carboxylic acids is 4. The van der Waals surface area contributed by atoms with E-state index >= 15 is 0 Å². The molecule has 2 heterocycles. The maximum Gasteiger partial charge on any atom is 0.408 e. The third kappa shape index (κ3) is 8.06. The van der Waals surface area contributed by atoms with Gasteiger partial charge in [0.2, 0.25) is 5.91 Å². The summed E-state index contributed by atoms with van der Waals surface area (Å²) in [4.78, 5) is 57.8. The molecule has 2 aliphatic rings. The van der Waals surface area contributed by atoms with Gasteiger partial charge in [-0.25, -0.2) is 9.59 Å². The average molecular weight is 708 g/mol. The second-order valence-corrected chi connectivity index (χ2v) is 15.0. The van der Waals surface area contributed by atoms with Crippen LogP contribution in [0.15, 0.2) is 137 Å². The highest BCUT2D eigenvalue weighted by atomic mass is 32.2. The summed E-state index contributed by atoms with van der Waals surface area (Å²) in [5.41, 5.74) is 1.47. The van der Waals surface area contributed by atoms with Gasteiger partial charge in [0, 0.05) is 15.6 Å². The Balaban J connectivity index is 1.27. The molecule has 50 heavy (non-hydrogen) atoms. The molecule has 11 heteroatoms. The van der Waals surface area contributed by atoms with Gasteiger partial charge in [-0.15, -0.1) is 11.8 Å². The van der Waals surface area contributed by atoms with Crippen molar-refractivity contribution in [3.8, 4) is 0 Å². The average Bonchev–Trinajstić information content (AvgIpc) is 3.12. The number of nitrogens with zero attached hydrogens (tertiary/aromatic N) is 1. The molecule has 0 aromatic heterocycles. The molecule has 3 atom stereocenters. The lowest BCUT2D eigenvalue weighted by atomic mass is 10.0. The lowest BCUT2D eigenvalue weighted by Crippen LogP contribution is -2.71. The Morgan fingerprint density at radius 1 is 0.800 bits per heavy atom. The summed E-state index contributed by atoms with van der Waals surface area (Å²) in [6, 6.07) is 35.2. The topological polar surface area (TPSA) is 114 Å². The minimum atomic E-state index is -1.12. The van der Waals surface area contributed by atoms with Crippen LogP contribution >= 0.6 is 23.5 Å². The van der Waals surface area contributed by atoms with Crippen LogP contribution in [0.3, 0.4) is 0 Å². The Bertz CT molecular complexity index is 1830. The number of ether oxygens (including phenoxy) is 2. The molecule has 1 saturated heterocycles. The Morgan fingerprint density at radius 3 is 1.86 bits per heavy atom. The Kier molecular flexibility index (Phi) is 10.6. The minimum Gasteiger partial charge on any atom is -0.448 e. The first-order chi connectivity index (χ1) is 24.1. The van der Waals surface area contributed by atoms with Gasteiger partial charge in [-0.05, 0) is 49.6 Å². The van der Waals surface area contributed by atoms with E-state index in [-0.39, 0.29) is 5.70 Å². The summed E-state index contributed by atoms with van der Waals surface area (Å²) < 4.78 is 11.7. The Labute approximate surface area is 299 Å². The number of hydrogen-bond acceptors (Lipinski definition) is 8. The van der Waals surface area contributed by atoms with Gasteiger partial charge in [-0.1, -0.05) is 121 Å². The molecule has 2 N–H and O–H groups in total. The molecule has 256 valence electrons. The molecule has 0 aliphatic carbocycles. The largest absolute Gasteiger partial charge is 0.448 e. The zero-order valence-electron chi connectivity index (χ0n) is 27.8. The van der Waals surface area contributed by atoms with Crippen molar-refractivity contribution in [2.45, 2.75) is 54.8 Å². The zero-order valence-corrected chi connectivity index (χ0v) is 29.4. The summed E-state index contributed by atoms with van der Waals surface area (Å²) in [5.74, 6) is -1.26. The maximum atomic E-state index is 14.3. The molecule has 0 spiro atoms. The van der Waals surface area contributed by atoms with Crippen molar-refractivity contribution in [2.75, 3.05) is 5.75 Å². The number of carbonyl (C=O) groups is 4. The SMILES string of the molecule is CC(C)(C)OC(=O)NC(C(=O)N[C@@H]1C(=O)N2C(C(=O)OC(c3ccccc3)c3ccccc3)=C(Sc3ccccc3)CS[C@H]12)c1ccccc1. The molecule has 2 aliphatic heterocycles. The molecular weight excluding hydrogens is 671 g/mol. The van der Waals surface area contributed by atoms with E-state index in [0.29, 0.717) is 16.2 Å². The molecule has 6 rings (SSSR count). The van der Waals surface area contributed by atoms with Crippen LogP contribution in [0.2, 0.25) is 0 Å². The fourth-order valence-electron chi connectivity index (χ4n) is 5.64. The standard InChI is InChI=1S/C39H37N3O6S2/c1-39(2,3)48-38(46)41-30(25-16-8-4-9-17-25)34(43)40-31-35(44)42-32(29(24-49-36(31)42)50-28-22-14-7-15-23-28)37(45)47-33(26-18-10-5-11-19-26)27-20-12-6-13-21-27/h4-23,30-31,33,36H,24H2,1-3H3,(H,40,43)(H,41,46)/t30?,31-,36-/m1/s1. The van der Waals surface area contributed by atoms with Crippen LogP contribution in [0.4, 0.5) is 4.79 Å². The van der Waals surface area contributed by atoms with E-state index in [9.17, 15) is 19.2 Å². The van der Waals surface area contributed by atoms with Crippen LogP contribution in [-0.2, 0) is 23.9 Å². The van der Waals surface area contributed by atoms with E-state index in [1.807, 2.05) is 91.0 Å². The number of alkyl carbamates (subject to hydrolysis) is 1. The zero-order chi connectivity index (χ0) is 35.3. The highest BCUT2D eigenvalue weighted by Gasteiger charge is 2.55. The third-order valence-corrected chi connectivity index (χ3v) is 10.4. The van der Waals surface area contributed by atoms with Crippen molar-refractivity contribution in [3.63, 3.8) is 0 Å². The van der Waals surface area contributed by atoms with Crippen molar-refractivity contribution in [3.05, 3.63) is 149 Å². The second kappa shape index (κ2) is 15.3. The molecule has 4 aromatic carbocycles. The molecule has 0 saturated carbocycles. The first kappa shape index (κ1) is 34.8. The number of fused-ring (bicyclic) bond motifs is 1. The Morgan fingerprint density at radius 2 is 1.32 bits per heavy atom. The van der Waals surface area contributed by atoms with Crippen molar-refractivity contribution in [2.24, 2.45) is 0 Å². The number of β-lactam (4-membered cyclic amide) rings is 1. The van der Waals surface area contributed by atoms with E-state index in [1.54, 1.807) is 51.1 Å². The molecule has 9 nitrogen and oxygen atoms in total. The van der Waals surface area contributed by atoms with E-state index in [0.717, 1.165) is 16.0 Å². The number of thioether (sulfide) groups is 2. The summed E-state index contributed by atoms with van der Waals surface area (Å²) in [5, 5.41) is 4.93. The number of nitrogens with one attached hydrogen (secondary N) is 2. The van der Waals surface area contributed by atoms with Gasteiger partial charge in [-0.2, -0.15) is 0 Å². The van der Waals surface area contributed by atoms with Gasteiger partial charge in [0.1, 0.15) is 28.8 Å². The summed E-state index contributed by atoms with van der Waals surface area (Å²) in [6.45, 7) is 5.19. The number of hydrogen-bond donors (Lipinski definition) is 2. The second-order valence-electron chi connectivity index (χ2n) is 12.7. The first-order valence-corrected chi connectivity index (χ1v) is 18.0. The fourth-order valence-corrected chi connectivity index (χ4v) is 8.13. The summed E-state index contributed by atoms with van der Waals surface area (Å²) >= 11 is 2.85. The first-order valence-electron chi connectivity index (χ1n) is 16.2. The van der Waals surface area contributed by atoms with Gasteiger partial charge < -0.3 is 20.1 Å². The van der Waals surface area contributed by atoms with Gasteiger partial charge in [-0.3, -0.25) is 14.5 Å². The summed E-state index contributed by atoms with van der Waals surface area (Å²) in [6.07, 6.45) is -1.48. The molecule has 1 fully saturated rings. The van der Waals surface area contributed by atoms with Crippen LogP contribution < -0.4 is 10.6 Å². The van der Waals surface area contributed by atoms with Crippen molar-refractivity contribution in [1.29, 1.82) is 0 Å². The maximum absolute atomic E-state index is 14.3. The Hall–Kier alpha value is -5.00. The van der Waals surface area contributed by atoms with Crippen LogP contribution in [0.25, 0.3) is 0 Å². The van der Waals surface area contributed by atoms with E-state index in [1.165, 1.54) is 28.4 Å². The minimum absolute atomic E-state index is 0.154. The van der Waals surface area contributed by atoms with Gasteiger partial charge in [0.25, 0.3) is 5.91 Å². The molecule has 3 amide bonds. The van der Waals surface area contributed by atoms with Crippen LogP contribution in [0.5, 0.6) is 0 Å². The third-order valence-electron chi connectivity index (χ3n) is 7.89. The van der Waals surface area contributed by atoms with Crippen LogP contribution in [0, 0.1) is 0 Å². The molecule has 0 bridgehead atoms. The van der Waals surface area contributed by atoms with Crippen LogP contribution in [0.1, 0.15) is 49.6 Å². The lowest BCUT2D eigenvalue weighted by molar-refractivity contribution is -0.154. The number of esters is 1. The number of amides is 3. The molecule has 4 aromatic rings. The van der Waals surface area contributed by atoms with E-state index in [2.05, 4.69) is 10.6 Å². The number of benzene rings is 4. The fraction of sp³-hybridized carbons (Fsp3) is 0.231. The van der Waals surface area contributed by atoms with Gasteiger partial charge >= 0.3 is 12.1 Å². The smallest absolute Gasteiger partial charge is 0.408 e. The quantitative estimate of drug-likeness (QED) is 0.134. The van der Waals surface area contributed by atoms with Crippen LogP contribution in [-0.4, -0.2) is 51.5 Å². The predicted molar refractivity (Wildman–Crippen MR) is 194 cm³/mol. The van der Waals surface area contributed by atoms with Gasteiger partial charge in [0.05, 0.1) is 0 Å². The predicted octanol–water partition coefficient (Wildman–Crippen LogP) is 6.99. The highest BCUT2D eigenvalue weighted by molar-refractivity contribution is 8.06. The van der Waals surface area contributed by atoms with Crippen molar-refractivity contribution in [1.82, 2.24) is 15.5 Å². The monoisotopic (exact) mass is 707 g/mol. The van der Waals surface area contributed by atoms with Crippen molar-refractivity contribution < 1.29 is 28.7 Å². The lowest BCUT2D eigenvalue weighted by Gasteiger charge is -2.49. The summed E-state index contributed by atoms with van der Waals surface area (Å²) in [7, 11) is 0. The normalized spacial score (nSPS) is 17.7. The van der Waals surface area contributed by atoms with Crippen molar-refractivity contribution >= 4 is 47.4 Å². The number of rotatable bonds is 10. The molecule has 0 radical (unpaired) electrons.